The smallest absolute Gasteiger partial charge is 0.379 e. The second kappa shape index (κ2) is 12.4. The van der Waals surface area contributed by atoms with Crippen LogP contribution >= 0.6 is 0 Å². The first-order chi connectivity index (χ1) is 19.8. The number of anilines is 4. The Bertz CT molecular complexity index is 1500. The Morgan fingerprint density at radius 3 is 2.68 bits per heavy atom. The quantitative estimate of drug-likeness (QED) is 0.267. The Balaban J connectivity index is 1.27. The number of carbonyl (C=O) groups excluding carboxylic acids is 1. The molecule has 41 heavy (non-hydrogen) atoms. The third kappa shape index (κ3) is 7.18. The van der Waals surface area contributed by atoms with E-state index in [0.717, 1.165) is 50.5 Å². The second-order valence-corrected chi connectivity index (χ2v) is 9.43. The molecule has 0 spiro atoms. The van der Waals surface area contributed by atoms with E-state index < -0.39 is 17.6 Å². The fourth-order valence-corrected chi connectivity index (χ4v) is 4.29. The number of hydrogen-bond donors (Lipinski definition) is 3. The summed E-state index contributed by atoms with van der Waals surface area (Å²) in [6, 6.07) is 11.2. The number of halogens is 3. The van der Waals surface area contributed by atoms with Crippen LogP contribution in [0.1, 0.15) is 21.5 Å². The van der Waals surface area contributed by atoms with E-state index in [1.54, 1.807) is 47.4 Å². The van der Waals surface area contributed by atoms with Crippen LogP contribution in [0, 0.1) is 6.92 Å². The Kier molecular flexibility index (Phi) is 8.45. The van der Waals surface area contributed by atoms with Gasteiger partial charge in [0, 0.05) is 61.7 Å². The Labute approximate surface area is 234 Å². The number of nitrogens with one attached hydrogen (secondary N) is 3. The lowest BCUT2D eigenvalue weighted by Gasteiger charge is -2.26. The number of aryl methyl sites for hydroxylation is 1. The van der Waals surface area contributed by atoms with Crippen LogP contribution in [0.15, 0.2) is 67.1 Å². The summed E-state index contributed by atoms with van der Waals surface area (Å²) in [5.41, 5.74) is 0.946. The monoisotopic (exact) mass is 566 g/mol. The second-order valence-electron chi connectivity index (χ2n) is 9.43. The molecule has 1 fully saturated rings. The van der Waals surface area contributed by atoms with Gasteiger partial charge in [-0.15, -0.1) is 0 Å². The third-order valence-electron chi connectivity index (χ3n) is 6.54. The van der Waals surface area contributed by atoms with Crippen LogP contribution < -0.4 is 16.0 Å². The van der Waals surface area contributed by atoms with E-state index in [1.165, 1.54) is 12.1 Å². The number of benzene rings is 2. The standard InChI is InChI=1S/C28H29F3N8O2/c1-19-5-6-22(35-25(40)20-3-2-4-21(17-20)28(29,30)31)18-23(19)36-27-34-10-12-39(27)24-7-8-32-26(37-24)33-9-11-38-13-15-41-16-14-38/h2-8,10,12,17-18H,9,11,13-16H2,1H3,(H,34,36)(H,35,40)(H,32,33,37). The minimum absolute atomic E-state index is 0.0939. The largest absolute Gasteiger partial charge is 0.416 e. The Morgan fingerprint density at radius 2 is 1.88 bits per heavy atom. The molecule has 1 saturated heterocycles. The van der Waals surface area contributed by atoms with Crippen molar-refractivity contribution in [2.24, 2.45) is 0 Å². The predicted molar refractivity (Wildman–Crippen MR) is 149 cm³/mol. The molecule has 13 heteroatoms. The molecule has 1 amide bonds. The summed E-state index contributed by atoms with van der Waals surface area (Å²) in [6.45, 7) is 6.73. The molecule has 0 unspecified atom stereocenters. The SMILES string of the molecule is Cc1ccc(NC(=O)c2cccc(C(F)(F)F)c2)cc1Nc1nccn1-c1ccnc(NCCN2CCOCC2)n1. The fourth-order valence-electron chi connectivity index (χ4n) is 4.29. The molecular weight excluding hydrogens is 537 g/mol. The number of imidazole rings is 1. The van der Waals surface area contributed by atoms with Crippen molar-refractivity contribution in [3.05, 3.63) is 83.8 Å². The van der Waals surface area contributed by atoms with Crippen molar-refractivity contribution in [1.29, 1.82) is 0 Å². The summed E-state index contributed by atoms with van der Waals surface area (Å²) in [7, 11) is 0. The average molecular weight is 567 g/mol. The predicted octanol–water partition coefficient (Wildman–Crippen LogP) is 4.73. The number of morpholine rings is 1. The van der Waals surface area contributed by atoms with Gasteiger partial charge >= 0.3 is 6.18 Å². The summed E-state index contributed by atoms with van der Waals surface area (Å²) < 4.78 is 46.4. The fraction of sp³-hybridized carbons (Fsp3) is 0.286. The highest BCUT2D eigenvalue weighted by molar-refractivity contribution is 6.04. The van der Waals surface area contributed by atoms with Gasteiger partial charge in [0.2, 0.25) is 11.9 Å². The van der Waals surface area contributed by atoms with Crippen molar-refractivity contribution in [1.82, 2.24) is 24.4 Å². The highest BCUT2D eigenvalue weighted by Crippen LogP contribution is 2.30. The first kappa shape index (κ1) is 28.1. The van der Waals surface area contributed by atoms with Crippen molar-refractivity contribution in [3.8, 4) is 5.82 Å². The molecule has 10 nitrogen and oxygen atoms in total. The maximum atomic E-state index is 13.1. The van der Waals surface area contributed by atoms with E-state index in [9.17, 15) is 18.0 Å². The zero-order valence-electron chi connectivity index (χ0n) is 22.3. The molecule has 0 radical (unpaired) electrons. The van der Waals surface area contributed by atoms with Gasteiger partial charge in [-0.1, -0.05) is 12.1 Å². The molecule has 4 aromatic rings. The number of alkyl halides is 3. The number of ether oxygens (including phenoxy) is 1. The summed E-state index contributed by atoms with van der Waals surface area (Å²) in [5, 5.41) is 9.19. The number of carbonyl (C=O) groups is 1. The van der Waals surface area contributed by atoms with Crippen LogP contribution in [-0.4, -0.2) is 69.7 Å². The van der Waals surface area contributed by atoms with Gasteiger partial charge in [-0.3, -0.25) is 14.3 Å². The van der Waals surface area contributed by atoms with Crippen molar-refractivity contribution in [2.45, 2.75) is 13.1 Å². The van der Waals surface area contributed by atoms with Crippen molar-refractivity contribution in [2.75, 3.05) is 55.3 Å². The minimum atomic E-state index is -4.54. The topological polar surface area (TPSA) is 109 Å². The van der Waals surface area contributed by atoms with Crippen molar-refractivity contribution < 1.29 is 22.7 Å². The summed E-state index contributed by atoms with van der Waals surface area (Å²) in [4.78, 5) is 28.4. The van der Waals surface area contributed by atoms with E-state index in [2.05, 4.69) is 35.8 Å². The Hall–Kier alpha value is -4.49. The van der Waals surface area contributed by atoms with Crippen LogP contribution in [0.2, 0.25) is 0 Å². The van der Waals surface area contributed by atoms with Gasteiger partial charge < -0.3 is 20.7 Å². The summed E-state index contributed by atoms with van der Waals surface area (Å²) in [6.07, 6.45) is 0.516. The van der Waals surface area contributed by atoms with Gasteiger partial charge in [-0.05, 0) is 48.9 Å². The minimum Gasteiger partial charge on any atom is -0.379 e. The molecule has 214 valence electrons. The molecule has 3 N–H and O–H groups in total. The zero-order chi connectivity index (χ0) is 28.8. The Morgan fingerprint density at radius 1 is 1.05 bits per heavy atom. The molecule has 0 saturated carbocycles. The van der Waals surface area contributed by atoms with Gasteiger partial charge in [0.25, 0.3) is 5.91 Å². The number of aromatic nitrogens is 4. The van der Waals surface area contributed by atoms with E-state index >= 15 is 0 Å². The molecule has 0 atom stereocenters. The number of amides is 1. The third-order valence-corrected chi connectivity index (χ3v) is 6.54. The maximum Gasteiger partial charge on any atom is 0.416 e. The lowest BCUT2D eigenvalue weighted by atomic mass is 10.1. The van der Waals surface area contributed by atoms with Gasteiger partial charge in [0.15, 0.2) is 0 Å². The van der Waals surface area contributed by atoms with E-state index in [1.807, 2.05) is 6.92 Å². The van der Waals surface area contributed by atoms with Crippen molar-refractivity contribution in [3.63, 3.8) is 0 Å². The zero-order valence-corrected chi connectivity index (χ0v) is 22.3. The molecule has 0 bridgehead atoms. The van der Waals surface area contributed by atoms with E-state index in [0.29, 0.717) is 35.6 Å². The van der Waals surface area contributed by atoms with Crippen LogP contribution in [0.25, 0.3) is 5.82 Å². The molecule has 2 aromatic heterocycles. The van der Waals surface area contributed by atoms with Gasteiger partial charge in [-0.25, -0.2) is 9.97 Å². The van der Waals surface area contributed by atoms with Crippen LogP contribution in [0.3, 0.4) is 0 Å². The summed E-state index contributed by atoms with van der Waals surface area (Å²) in [5.74, 6) is 0.917. The lowest BCUT2D eigenvalue weighted by Crippen LogP contribution is -2.39. The average Bonchev–Trinajstić information content (AvgIpc) is 3.43. The van der Waals surface area contributed by atoms with Gasteiger partial charge in [-0.2, -0.15) is 18.2 Å². The number of hydrogen-bond acceptors (Lipinski definition) is 8. The molecule has 5 rings (SSSR count). The van der Waals surface area contributed by atoms with Crippen LogP contribution in [0.5, 0.6) is 0 Å². The van der Waals surface area contributed by atoms with Gasteiger partial charge in [0.1, 0.15) is 5.82 Å². The molecular formula is C28H29F3N8O2. The van der Waals surface area contributed by atoms with Crippen LogP contribution in [0.4, 0.5) is 36.4 Å². The molecule has 1 aliphatic heterocycles. The highest BCUT2D eigenvalue weighted by atomic mass is 19.4. The number of rotatable bonds is 9. The van der Waals surface area contributed by atoms with E-state index in [4.69, 9.17) is 4.74 Å². The van der Waals surface area contributed by atoms with Crippen LogP contribution in [-0.2, 0) is 10.9 Å². The number of nitrogens with zero attached hydrogens (tertiary/aromatic N) is 5. The molecule has 1 aliphatic rings. The van der Waals surface area contributed by atoms with Gasteiger partial charge in [0.05, 0.1) is 18.8 Å². The normalized spacial score (nSPS) is 14.0. The first-order valence-corrected chi connectivity index (χ1v) is 13.0. The molecule has 3 heterocycles. The van der Waals surface area contributed by atoms with E-state index in [-0.39, 0.29) is 5.56 Å². The highest BCUT2D eigenvalue weighted by Gasteiger charge is 2.31. The molecule has 2 aromatic carbocycles. The first-order valence-electron chi connectivity index (χ1n) is 13.0. The lowest BCUT2D eigenvalue weighted by molar-refractivity contribution is -0.137. The summed E-state index contributed by atoms with van der Waals surface area (Å²) >= 11 is 0. The maximum absolute atomic E-state index is 13.1. The van der Waals surface area contributed by atoms with Crippen molar-refractivity contribution >= 4 is 29.2 Å². The molecule has 0 aliphatic carbocycles.